The molecule has 0 aliphatic heterocycles. The molecule has 0 unspecified atom stereocenters. The van der Waals surface area contributed by atoms with Crippen LogP contribution in [0, 0.1) is 0 Å². The molecule has 3 heteroatoms. The van der Waals surface area contributed by atoms with E-state index in [4.69, 9.17) is 16.6 Å². The minimum atomic E-state index is 0.638. The minimum Gasteiger partial charge on any atom is -0.545 e. The molecule has 0 N–H and O–H groups in total. The van der Waals surface area contributed by atoms with E-state index in [1.54, 1.807) is 0 Å². The predicted octanol–water partition coefficient (Wildman–Crippen LogP) is 1.22. The molecule has 0 atom stereocenters. The first-order chi connectivity index (χ1) is 5.79. The number of rotatable bonds is 2. The van der Waals surface area contributed by atoms with Crippen molar-refractivity contribution in [3.8, 4) is 0 Å². The number of benzene rings is 1. The van der Waals surface area contributed by atoms with Crippen molar-refractivity contribution in [2.75, 3.05) is 0 Å². The van der Waals surface area contributed by atoms with Crippen LogP contribution in [0.4, 0.5) is 0 Å². The van der Waals surface area contributed by atoms with Crippen LogP contribution in [-0.2, 0) is 10.8 Å². The molecule has 0 aliphatic carbocycles. The van der Waals surface area contributed by atoms with Crippen molar-refractivity contribution in [2.24, 2.45) is 0 Å². The molecular weight excluding hydrogens is 184 g/mol. The van der Waals surface area contributed by atoms with E-state index < -0.39 is 0 Å². The van der Waals surface area contributed by atoms with Gasteiger partial charge < -0.3 is 4.43 Å². The predicted molar refractivity (Wildman–Crippen MR) is 58.5 cm³/mol. The van der Waals surface area contributed by atoms with Crippen LogP contribution in [0.5, 0.6) is 0 Å². The molecule has 0 amide bonds. The normalized spacial score (nSPS) is 9.75. The molecule has 1 aromatic carbocycles. The van der Waals surface area contributed by atoms with Crippen LogP contribution < -0.4 is 0 Å². The average Bonchev–Trinajstić information content (AvgIpc) is 2.16. The lowest BCUT2D eigenvalue weighted by atomic mass is 10.1. The van der Waals surface area contributed by atoms with Gasteiger partial charge in [0.2, 0.25) is 10.5 Å². The molecule has 0 aliphatic rings. The molecule has 12 heavy (non-hydrogen) atoms. The van der Waals surface area contributed by atoms with Crippen molar-refractivity contribution >= 4 is 27.8 Å². The van der Waals surface area contributed by atoms with Gasteiger partial charge in [-0.05, 0) is 24.2 Å². The van der Waals surface area contributed by atoms with Crippen LogP contribution in [0.15, 0.2) is 24.3 Å². The van der Waals surface area contributed by atoms with Gasteiger partial charge in [-0.25, -0.2) is 0 Å². The van der Waals surface area contributed by atoms with Crippen molar-refractivity contribution in [1.82, 2.24) is 0 Å². The molecule has 1 nitrogen and oxygen atoms in total. The van der Waals surface area contributed by atoms with Gasteiger partial charge in [0.05, 0.1) is 0 Å². The van der Waals surface area contributed by atoms with Gasteiger partial charge in [0.1, 0.15) is 0 Å². The maximum absolute atomic E-state index is 5.15. The van der Waals surface area contributed by atoms with E-state index in [0.717, 1.165) is 12.0 Å². The standard InChI is InChI=1S/C9H12OSSi/c1-2-7-5-3-4-6-8(7)9(11)10-12/h3-6H,2H2,1,12H3. The monoisotopic (exact) mass is 196 g/mol. The summed E-state index contributed by atoms with van der Waals surface area (Å²) >= 11 is 5.09. The average molecular weight is 196 g/mol. The smallest absolute Gasteiger partial charge is 0.205 e. The largest absolute Gasteiger partial charge is 0.545 e. The maximum Gasteiger partial charge on any atom is 0.205 e. The summed E-state index contributed by atoms with van der Waals surface area (Å²) in [5, 5.41) is 0.638. The first kappa shape index (κ1) is 9.42. The van der Waals surface area contributed by atoms with E-state index >= 15 is 0 Å². The molecule has 1 aromatic rings. The Balaban J connectivity index is 3.04. The molecule has 0 saturated carbocycles. The van der Waals surface area contributed by atoms with Crippen molar-refractivity contribution in [3.63, 3.8) is 0 Å². The van der Waals surface area contributed by atoms with E-state index in [1.165, 1.54) is 5.56 Å². The lowest BCUT2D eigenvalue weighted by Gasteiger charge is -2.07. The van der Waals surface area contributed by atoms with E-state index in [1.807, 2.05) is 18.2 Å². The van der Waals surface area contributed by atoms with Crippen LogP contribution >= 0.6 is 12.2 Å². The number of hydrogen-bond donors (Lipinski definition) is 0. The summed E-state index contributed by atoms with van der Waals surface area (Å²) < 4.78 is 5.15. The van der Waals surface area contributed by atoms with Crippen LogP contribution in [0.2, 0.25) is 0 Å². The Hall–Kier alpha value is -0.673. The maximum atomic E-state index is 5.15. The van der Waals surface area contributed by atoms with E-state index in [2.05, 4.69) is 13.0 Å². The topological polar surface area (TPSA) is 9.23 Å². The first-order valence-electron chi connectivity index (χ1n) is 3.95. The van der Waals surface area contributed by atoms with Gasteiger partial charge in [0.25, 0.3) is 0 Å². The Morgan fingerprint density at radius 2 is 2.17 bits per heavy atom. The Kier molecular flexibility index (Phi) is 3.43. The van der Waals surface area contributed by atoms with Gasteiger partial charge in [-0.15, -0.1) is 0 Å². The van der Waals surface area contributed by atoms with Crippen molar-refractivity contribution in [1.29, 1.82) is 0 Å². The Bertz CT molecular complexity index is 286. The molecule has 0 saturated heterocycles. The molecule has 0 fully saturated rings. The number of aryl methyl sites for hydroxylation is 1. The molecule has 64 valence electrons. The zero-order valence-electron chi connectivity index (χ0n) is 7.33. The molecule has 1 rings (SSSR count). The fourth-order valence-electron chi connectivity index (χ4n) is 1.14. The summed E-state index contributed by atoms with van der Waals surface area (Å²) in [5.74, 6) is 0. The van der Waals surface area contributed by atoms with Crippen LogP contribution in [0.1, 0.15) is 18.1 Å². The summed E-state index contributed by atoms with van der Waals surface area (Å²) in [5.41, 5.74) is 2.34. The molecule has 0 heterocycles. The third kappa shape index (κ3) is 1.93. The highest BCUT2D eigenvalue weighted by molar-refractivity contribution is 7.80. The van der Waals surface area contributed by atoms with Gasteiger partial charge in [-0.2, -0.15) is 0 Å². The summed E-state index contributed by atoms with van der Waals surface area (Å²) in [6.45, 7) is 2.12. The van der Waals surface area contributed by atoms with Gasteiger partial charge in [0, 0.05) is 5.56 Å². The first-order valence-corrected chi connectivity index (χ1v) is 5.18. The highest BCUT2D eigenvalue weighted by atomic mass is 32.1. The fourth-order valence-corrected chi connectivity index (χ4v) is 1.56. The highest BCUT2D eigenvalue weighted by Gasteiger charge is 2.03. The minimum absolute atomic E-state index is 0.638. The number of hydrogen-bond acceptors (Lipinski definition) is 2. The molecule has 0 spiro atoms. The summed E-state index contributed by atoms with van der Waals surface area (Å²) in [4.78, 5) is 0. The third-order valence-corrected chi connectivity index (χ3v) is 2.89. The van der Waals surface area contributed by atoms with Crippen LogP contribution in [-0.4, -0.2) is 15.5 Å². The fraction of sp³-hybridized carbons (Fsp3) is 0.222. The molecule has 0 bridgehead atoms. The zero-order chi connectivity index (χ0) is 8.97. The lowest BCUT2D eigenvalue weighted by molar-refractivity contribution is 0.631. The highest BCUT2D eigenvalue weighted by Crippen LogP contribution is 2.10. The van der Waals surface area contributed by atoms with E-state index in [-0.39, 0.29) is 0 Å². The summed E-state index contributed by atoms with van der Waals surface area (Å²) in [7, 11) is 0.667. The van der Waals surface area contributed by atoms with Gasteiger partial charge in [-0.1, -0.05) is 31.2 Å². The Labute approximate surface area is 81.3 Å². The Morgan fingerprint density at radius 1 is 1.50 bits per heavy atom. The molecule has 0 aromatic heterocycles. The van der Waals surface area contributed by atoms with E-state index in [9.17, 15) is 0 Å². The Morgan fingerprint density at radius 3 is 2.75 bits per heavy atom. The van der Waals surface area contributed by atoms with Crippen molar-refractivity contribution in [2.45, 2.75) is 13.3 Å². The second-order valence-electron chi connectivity index (χ2n) is 2.50. The zero-order valence-corrected chi connectivity index (χ0v) is 10.1. The van der Waals surface area contributed by atoms with Gasteiger partial charge in [0.15, 0.2) is 5.05 Å². The SMILES string of the molecule is CCc1ccccc1C(=S)O[SiH3]. The second kappa shape index (κ2) is 4.38. The van der Waals surface area contributed by atoms with Crippen molar-refractivity contribution in [3.05, 3.63) is 35.4 Å². The second-order valence-corrected chi connectivity index (χ2v) is 3.28. The van der Waals surface area contributed by atoms with Crippen LogP contribution in [0.25, 0.3) is 0 Å². The molecular formula is C9H12OSSi. The van der Waals surface area contributed by atoms with Gasteiger partial charge >= 0.3 is 0 Å². The van der Waals surface area contributed by atoms with E-state index in [0.29, 0.717) is 15.5 Å². The quantitative estimate of drug-likeness (QED) is 0.519. The molecule has 0 radical (unpaired) electrons. The third-order valence-electron chi connectivity index (χ3n) is 1.80. The summed E-state index contributed by atoms with van der Waals surface area (Å²) in [6, 6.07) is 8.11. The van der Waals surface area contributed by atoms with Gasteiger partial charge in [-0.3, -0.25) is 0 Å². The lowest BCUT2D eigenvalue weighted by Crippen LogP contribution is -2.04. The van der Waals surface area contributed by atoms with Crippen molar-refractivity contribution < 1.29 is 4.43 Å². The van der Waals surface area contributed by atoms with Crippen LogP contribution in [0.3, 0.4) is 0 Å². The number of thiocarbonyl (C=S) groups is 1. The summed E-state index contributed by atoms with van der Waals surface area (Å²) in [6.07, 6.45) is 1.00.